The van der Waals surface area contributed by atoms with Gasteiger partial charge in [0.25, 0.3) is 0 Å². The third-order valence-corrected chi connectivity index (χ3v) is 2.60. The first-order valence-corrected chi connectivity index (χ1v) is 6.13. The molecule has 1 unspecified atom stereocenters. The van der Waals surface area contributed by atoms with E-state index < -0.39 is 11.6 Å². The quantitative estimate of drug-likeness (QED) is 0.783. The smallest absolute Gasteiger partial charge is 0.226 e. The molecule has 0 aliphatic rings. The molecule has 0 fully saturated rings. The molecule has 0 spiro atoms. The second-order valence-corrected chi connectivity index (χ2v) is 5.53. The van der Waals surface area contributed by atoms with Gasteiger partial charge in [-0.1, -0.05) is 28.9 Å². The van der Waals surface area contributed by atoms with Gasteiger partial charge in [-0.3, -0.25) is 4.79 Å². The minimum Gasteiger partial charge on any atom is -0.344 e. The third kappa shape index (κ3) is 4.42. The summed E-state index contributed by atoms with van der Waals surface area (Å²) in [5, 5.41) is 0. The predicted molar refractivity (Wildman–Crippen MR) is 66.1 cm³/mol. The number of alkyl halides is 1. The molecule has 0 heterocycles. The van der Waals surface area contributed by atoms with Gasteiger partial charge in [0.2, 0.25) is 5.91 Å². The zero-order valence-electron chi connectivity index (χ0n) is 9.71. The van der Waals surface area contributed by atoms with Crippen molar-refractivity contribution in [3.05, 3.63) is 35.4 Å². The summed E-state index contributed by atoms with van der Waals surface area (Å²) >= 11 is 3.34. The summed E-state index contributed by atoms with van der Waals surface area (Å²) in [7, 11) is 1.65. The lowest BCUT2D eigenvalue weighted by Gasteiger charge is -2.18. The highest BCUT2D eigenvalue weighted by Crippen LogP contribution is 2.11. The zero-order chi connectivity index (χ0) is 13.0. The molecule has 1 amide bonds. The van der Waals surface area contributed by atoms with E-state index in [1.54, 1.807) is 7.05 Å². The second-order valence-electron chi connectivity index (χ2n) is 3.97. The molecule has 1 aromatic carbocycles. The number of amides is 1. The van der Waals surface area contributed by atoms with Crippen LogP contribution in [-0.4, -0.2) is 29.2 Å². The van der Waals surface area contributed by atoms with Crippen molar-refractivity contribution in [3.63, 3.8) is 0 Å². The summed E-state index contributed by atoms with van der Waals surface area (Å²) in [6, 6.07) is 3.24. The van der Waals surface area contributed by atoms with E-state index >= 15 is 0 Å². The number of likely N-dealkylation sites (N-methyl/N-ethyl adjacent to an activating group) is 1. The SMILES string of the molecule is CC(Br)CN(C)C(=O)Cc1ccc(F)cc1F. The number of nitrogens with zero attached hydrogens (tertiary/aromatic N) is 1. The van der Waals surface area contributed by atoms with Gasteiger partial charge in [-0.2, -0.15) is 0 Å². The topological polar surface area (TPSA) is 20.3 Å². The van der Waals surface area contributed by atoms with Crippen molar-refractivity contribution in [1.29, 1.82) is 0 Å². The number of hydrogen-bond acceptors (Lipinski definition) is 1. The van der Waals surface area contributed by atoms with Gasteiger partial charge in [-0.05, 0) is 11.6 Å². The van der Waals surface area contributed by atoms with Crippen molar-refractivity contribution in [2.45, 2.75) is 18.2 Å². The van der Waals surface area contributed by atoms with Gasteiger partial charge in [-0.15, -0.1) is 0 Å². The highest BCUT2D eigenvalue weighted by atomic mass is 79.9. The average molecular weight is 306 g/mol. The Balaban J connectivity index is 2.67. The van der Waals surface area contributed by atoms with Gasteiger partial charge < -0.3 is 4.90 Å². The molecule has 1 atom stereocenters. The van der Waals surface area contributed by atoms with Crippen LogP contribution in [0.15, 0.2) is 18.2 Å². The largest absolute Gasteiger partial charge is 0.344 e. The van der Waals surface area contributed by atoms with Gasteiger partial charge in [0.1, 0.15) is 11.6 Å². The Hall–Kier alpha value is -0.970. The summed E-state index contributed by atoms with van der Waals surface area (Å²) in [5.74, 6) is -1.51. The van der Waals surface area contributed by atoms with E-state index in [9.17, 15) is 13.6 Å². The lowest BCUT2D eigenvalue weighted by atomic mass is 10.1. The second kappa shape index (κ2) is 6.10. The average Bonchev–Trinajstić information content (AvgIpc) is 2.21. The molecule has 0 aromatic heterocycles. The van der Waals surface area contributed by atoms with E-state index in [2.05, 4.69) is 15.9 Å². The monoisotopic (exact) mass is 305 g/mol. The Bertz CT molecular complexity index is 409. The number of carbonyl (C=O) groups is 1. The molecule has 0 saturated heterocycles. The molecule has 0 radical (unpaired) electrons. The minimum atomic E-state index is -0.682. The predicted octanol–water partition coefficient (Wildman–Crippen LogP) is 2.75. The van der Waals surface area contributed by atoms with Gasteiger partial charge in [0, 0.05) is 24.5 Å². The maximum Gasteiger partial charge on any atom is 0.226 e. The number of hydrogen-bond donors (Lipinski definition) is 0. The highest BCUT2D eigenvalue weighted by Gasteiger charge is 2.14. The first-order chi connectivity index (χ1) is 7.90. The van der Waals surface area contributed by atoms with Crippen LogP contribution in [0.5, 0.6) is 0 Å². The Morgan fingerprint density at radius 2 is 2.12 bits per heavy atom. The maximum absolute atomic E-state index is 13.3. The summed E-state index contributed by atoms with van der Waals surface area (Å²) < 4.78 is 26.0. The summed E-state index contributed by atoms with van der Waals surface area (Å²) in [6.45, 7) is 2.46. The van der Waals surface area contributed by atoms with Crippen molar-refractivity contribution < 1.29 is 13.6 Å². The van der Waals surface area contributed by atoms with Crippen LogP contribution in [0.25, 0.3) is 0 Å². The van der Waals surface area contributed by atoms with E-state index in [-0.39, 0.29) is 22.7 Å². The Kier molecular flexibility index (Phi) is 5.05. The van der Waals surface area contributed by atoms with E-state index in [4.69, 9.17) is 0 Å². The molecule has 0 bridgehead atoms. The van der Waals surface area contributed by atoms with E-state index in [0.29, 0.717) is 6.54 Å². The van der Waals surface area contributed by atoms with Crippen LogP contribution < -0.4 is 0 Å². The summed E-state index contributed by atoms with van der Waals surface area (Å²) in [6.07, 6.45) is -0.0532. The van der Waals surface area contributed by atoms with Crippen LogP contribution in [0, 0.1) is 11.6 Å². The molecular weight excluding hydrogens is 292 g/mol. The van der Waals surface area contributed by atoms with Crippen LogP contribution in [0.4, 0.5) is 8.78 Å². The Morgan fingerprint density at radius 1 is 1.47 bits per heavy atom. The Morgan fingerprint density at radius 3 is 2.65 bits per heavy atom. The van der Waals surface area contributed by atoms with Crippen molar-refractivity contribution in [3.8, 4) is 0 Å². The normalized spacial score (nSPS) is 12.3. The number of rotatable bonds is 4. The standard InChI is InChI=1S/C12H14BrF2NO/c1-8(13)7-16(2)12(17)5-9-3-4-10(14)6-11(9)15/h3-4,6,8H,5,7H2,1-2H3. The molecule has 0 N–H and O–H groups in total. The van der Waals surface area contributed by atoms with Crippen molar-refractivity contribution in [2.75, 3.05) is 13.6 Å². The van der Waals surface area contributed by atoms with Crippen LogP contribution in [-0.2, 0) is 11.2 Å². The molecule has 2 nitrogen and oxygen atoms in total. The zero-order valence-corrected chi connectivity index (χ0v) is 11.3. The van der Waals surface area contributed by atoms with Crippen LogP contribution in [0.3, 0.4) is 0 Å². The first kappa shape index (κ1) is 14.1. The third-order valence-electron chi connectivity index (χ3n) is 2.31. The molecule has 0 saturated carbocycles. The maximum atomic E-state index is 13.3. The molecule has 94 valence electrons. The lowest BCUT2D eigenvalue weighted by Crippen LogP contribution is -2.32. The first-order valence-electron chi connectivity index (χ1n) is 5.22. The molecule has 5 heteroatoms. The van der Waals surface area contributed by atoms with Crippen LogP contribution >= 0.6 is 15.9 Å². The molecule has 0 aliphatic heterocycles. The summed E-state index contributed by atoms with van der Waals surface area (Å²) in [4.78, 5) is 13.4. The van der Waals surface area contributed by atoms with Crippen LogP contribution in [0.1, 0.15) is 12.5 Å². The number of halogens is 3. The van der Waals surface area contributed by atoms with E-state index in [1.165, 1.54) is 11.0 Å². The van der Waals surface area contributed by atoms with Gasteiger partial charge in [0.05, 0.1) is 6.42 Å². The number of benzene rings is 1. The molecular formula is C12H14BrF2NO. The van der Waals surface area contributed by atoms with Crippen LogP contribution in [0.2, 0.25) is 0 Å². The van der Waals surface area contributed by atoms with Gasteiger partial charge >= 0.3 is 0 Å². The van der Waals surface area contributed by atoms with Crippen molar-refractivity contribution in [2.24, 2.45) is 0 Å². The van der Waals surface area contributed by atoms with Crippen molar-refractivity contribution >= 4 is 21.8 Å². The minimum absolute atomic E-state index is 0.0532. The molecule has 1 aromatic rings. The van der Waals surface area contributed by atoms with E-state index in [1.807, 2.05) is 6.92 Å². The summed E-state index contributed by atoms with van der Waals surface area (Å²) in [5.41, 5.74) is 0.213. The highest BCUT2D eigenvalue weighted by molar-refractivity contribution is 9.09. The lowest BCUT2D eigenvalue weighted by molar-refractivity contribution is -0.129. The Labute approximate surface area is 108 Å². The molecule has 1 rings (SSSR count). The molecule has 17 heavy (non-hydrogen) atoms. The van der Waals surface area contributed by atoms with Crippen molar-refractivity contribution in [1.82, 2.24) is 4.90 Å². The van der Waals surface area contributed by atoms with Gasteiger partial charge in [-0.25, -0.2) is 8.78 Å². The van der Waals surface area contributed by atoms with Gasteiger partial charge in [0.15, 0.2) is 0 Å². The molecule has 0 aliphatic carbocycles. The number of carbonyl (C=O) groups excluding carboxylic acids is 1. The fourth-order valence-corrected chi connectivity index (χ4v) is 1.88. The fourth-order valence-electron chi connectivity index (χ4n) is 1.44. The van der Waals surface area contributed by atoms with E-state index in [0.717, 1.165) is 12.1 Å². The fraction of sp³-hybridized carbons (Fsp3) is 0.417.